The van der Waals surface area contributed by atoms with Crippen LogP contribution in [0.3, 0.4) is 0 Å². The molecule has 0 heterocycles. The van der Waals surface area contributed by atoms with E-state index < -0.39 is 18.0 Å². The Kier molecular flexibility index (Phi) is 6.67. The summed E-state index contributed by atoms with van der Waals surface area (Å²) in [4.78, 5) is 23.6. The van der Waals surface area contributed by atoms with Gasteiger partial charge >= 0.3 is 12.0 Å². The summed E-state index contributed by atoms with van der Waals surface area (Å²) >= 11 is 0. The summed E-state index contributed by atoms with van der Waals surface area (Å²) in [6, 6.07) is -0.0722. The highest BCUT2D eigenvalue weighted by Crippen LogP contribution is 2.01. The van der Waals surface area contributed by atoms with Crippen LogP contribution in [-0.2, 0) is 4.79 Å². The number of nitrogens with zero attached hydrogens (tertiary/aromatic N) is 2. The van der Waals surface area contributed by atoms with E-state index in [1.54, 1.807) is 6.92 Å². The lowest BCUT2D eigenvalue weighted by Crippen LogP contribution is -2.49. The Morgan fingerprint density at radius 1 is 1.53 bits per heavy atom. The molecule has 0 aromatic rings. The highest BCUT2D eigenvalue weighted by molar-refractivity contribution is 5.82. The SMILES string of the molecule is CC(CC#N)N(C)C(=O)N[C@H](CCO)C(=O)O. The van der Waals surface area contributed by atoms with E-state index in [2.05, 4.69) is 5.32 Å². The maximum absolute atomic E-state index is 11.6. The molecule has 7 heteroatoms. The maximum Gasteiger partial charge on any atom is 0.326 e. The molecule has 2 atom stereocenters. The average molecular weight is 243 g/mol. The first-order valence-electron chi connectivity index (χ1n) is 5.18. The maximum atomic E-state index is 11.6. The van der Waals surface area contributed by atoms with E-state index in [9.17, 15) is 9.59 Å². The molecule has 0 aliphatic carbocycles. The molecule has 1 unspecified atom stereocenters. The van der Waals surface area contributed by atoms with E-state index >= 15 is 0 Å². The number of hydrogen-bond acceptors (Lipinski definition) is 4. The smallest absolute Gasteiger partial charge is 0.326 e. The van der Waals surface area contributed by atoms with E-state index in [4.69, 9.17) is 15.5 Å². The zero-order valence-corrected chi connectivity index (χ0v) is 9.88. The minimum absolute atomic E-state index is 0.0540. The fourth-order valence-electron chi connectivity index (χ4n) is 1.11. The van der Waals surface area contributed by atoms with Crippen LogP contribution in [0.2, 0.25) is 0 Å². The average Bonchev–Trinajstić information content (AvgIpc) is 2.27. The van der Waals surface area contributed by atoms with Crippen molar-refractivity contribution >= 4 is 12.0 Å². The Hall–Kier alpha value is -1.81. The molecular formula is C10H17N3O4. The van der Waals surface area contributed by atoms with Gasteiger partial charge in [0.1, 0.15) is 6.04 Å². The van der Waals surface area contributed by atoms with Crippen molar-refractivity contribution in [1.82, 2.24) is 10.2 Å². The van der Waals surface area contributed by atoms with Crippen molar-refractivity contribution in [2.45, 2.75) is 31.8 Å². The lowest BCUT2D eigenvalue weighted by Gasteiger charge is -2.25. The van der Waals surface area contributed by atoms with Gasteiger partial charge in [0, 0.05) is 26.1 Å². The van der Waals surface area contributed by atoms with E-state index in [1.165, 1.54) is 11.9 Å². The van der Waals surface area contributed by atoms with Crippen LogP contribution in [0.1, 0.15) is 19.8 Å². The second kappa shape index (κ2) is 7.46. The molecule has 0 spiro atoms. The second-order valence-electron chi connectivity index (χ2n) is 3.67. The molecule has 3 N–H and O–H groups in total. The summed E-state index contributed by atoms with van der Waals surface area (Å²) in [5.41, 5.74) is 0. The third-order valence-corrected chi connectivity index (χ3v) is 2.38. The molecule has 0 saturated heterocycles. The summed E-state index contributed by atoms with van der Waals surface area (Å²) in [6.45, 7) is 1.36. The van der Waals surface area contributed by atoms with E-state index in [1.807, 2.05) is 6.07 Å². The predicted molar refractivity (Wildman–Crippen MR) is 59.1 cm³/mol. The molecule has 0 fully saturated rings. The van der Waals surface area contributed by atoms with E-state index in [0.717, 1.165) is 0 Å². The van der Waals surface area contributed by atoms with E-state index in [-0.39, 0.29) is 25.5 Å². The van der Waals surface area contributed by atoms with Crippen LogP contribution in [0, 0.1) is 11.3 Å². The molecule has 2 amide bonds. The summed E-state index contributed by atoms with van der Waals surface area (Å²) < 4.78 is 0. The number of carbonyl (C=O) groups is 2. The van der Waals surface area contributed by atoms with Crippen LogP contribution in [0.25, 0.3) is 0 Å². The Bertz CT molecular complexity index is 313. The molecule has 0 bridgehead atoms. The fraction of sp³-hybridized carbons (Fsp3) is 0.700. The molecule has 17 heavy (non-hydrogen) atoms. The predicted octanol–water partition coefficient (Wildman–Crippen LogP) is -0.234. The Balaban J connectivity index is 4.40. The number of nitriles is 1. The molecule has 96 valence electrons. The minimum atomic E-state index is -1.20. The normalized spacial score (nSPS) is 13.3. The zero-order valence-electron chi connectivity index (χ0n) is 9.88. The van der Waals surface area contributed by atoms with Gasteiger partial charge < -0.3 is 20.4 Å². The molecule has 0 rings (SSSR count). The Morgan fingerprint density at radius 2 is 2.12 bits per heavy atom. The first-order chi connectivity index (χ1) is 7.93. The van der Waals surface area contributed by atoms with Gasteiger partial charge in [0.05, 0.1) is 12.5 Å². The van der Waals surface area contributed by atoms with Gasteiger partial charge in [-0.05, 0) is 6.92 Å². The number of carboxylic acids is 1. The van der Waals surface area contributed by atoms with Crippen molar-refractivity contribution in [3.05, 3.63) is 0 Å². The minimum Gasteiger partial charge on any atom is -0.480 e. The monoisotopic (exact) mass is 243 g/mol. The largest absolute Gasteiger partial charge is 0.480 e. The number of hydrogen-bond donors (Lipinski definition) is 3. The van der Waals surface area contributed by atoms with Crippen LogP contribution in [-0.4, -0.2) is 52.9 Å². The molecule has 0 aromatic heterocycles. The summed E-state index contributed by atoms with van der Waals surface area (Å²) in [7, 11) is 1.48. The molecule has 7 nitrogen and oxygen atoms in total. The topological polar surface area (TPSA) is 114 Å². The second-order valence-corrected chi connectivity index (χ2v) is 3.67. The van der Waals surface area contributed by atoms with Crippen molar-refractivity contribution < 1.29 is 19.8 Å². The lowest BCUT2D eigenvalue weighted by molar-refractivity contribution is -0.139. The van der Waals surface area contributed by atoms with Crippen molar-refractivity contribution in [2.75, 3.05) is 13.7 Å². The standard InChI is InChI=1S/C10H17N3O4/c1-7(3-5-11)13(2)10(17)12-8(4-6-14)9(15)16/h7-8,14H,3-4,6H2,1-2H3,(H,12,17)(H,15,16)/t7?,8-/m1/s1. The van der Waals surface area contributed by atoms with Crippen molar-refractivity contribution in [1.29, 1.82) is 5.26 Å². The van der Waals surface area contributed by atoms with Gasteiger partial charge in [-0.2, -0.15) is 5.26 Å². The Morgan fingerprint density at radius 3 is 2.53 bits per heavy atom. The summed E-state index contributed by atoms with van der Waals surface area (Å²) in [5.74, 6) is -1.20. The van der Waals surface area contributed by atoms with Crippen LogP contribution >= 0.6 is 0 Å². The van der Waals surface area contributed by atoms with Crippen molar-refractivity contribution in [3.63, 3.8) is 0 Å². The van der Waals surface area contributed by atoms with Gasteiger partial charge in [-0.3, -0.25) is 0 Å². The van der Waals surface area contributed by atoms with Gasteiger partial charge in [-0.25, -0.2) is 9.59 Å². The lowest BCUT2D eigenvalue weighted by atomic mass is 10.2. The van der Waals surface area contributed by atoms with Crippen LogP contribution in [0.4, 0.5) is 4.79 Å². The Labute approximate surface area is 99.6 Å². The number of amides is 2. The van der Waals surface area contributed by atoms with Gasteiger partial charge in [-0.1, -0.05) is 0 Å². The first-order valence-corrected chi connectivity index (χ1v) is 5.18. The first kappa shape index (κ1) is 15.2. The summed E-state index contributed by atoms with van der Waals surface area (Å²) in [6.07, 6.45) is 0.114. The van der Waals surface area contributed by atoms with Gasteiger partial charge in [0.15, 0.2) is 0 Å². The molecule has 0 radical (unpaired) electrons. The quantitative estimate of drug-likeness (QED) is 0.596. The van der Waals surface area contributed by atoms with Crippen LogP contribution in [0.15, 0.2) is 0 Å². The molecule has 0 aliphatic rings. The van der Waals surface area contributed by atoms with Gasteiger partial charge in [-0.15, -0.1) is 0 Å². The van der Waals surface area contributed by atoms with Gasteiger partial charge in [0.2, 0.25) is 0 Å². The number of aliphatic hydroxyl groups is 1. The highest BCUT2D eigenvalue weighted by atomic mass is 16.4. The van der Waals surface area contributed by atoms with Crippen molar-refractivity contribution in [2.24, 2.45) is 0 Å². The fourth-order valence-corrected chi connectivity index (χ4v) is 1.11. The van der Waals surface area contributed by atoms with Gasteiger partial charge in [0.25, 0.3) is 0 Å². The molecule has 0 aromatic carbocycles. The van der Waals surface area contributed by atoms with Crippen LogP contribution in [0.5, 0.6) is 0 Å². The number of carbonyl (C=O) groups excluding carboxylic acids is 1. The molecular weight excluding hydrogens is 226 g/mol. The third kappa shape index (κ3) is 5.17. The number of aliphatic carboxylic acids is 1. The highest BCUT2D eigenvalue weighted by Gasteiger charge is 2.23. The van der Waals surface area contributed by atoms with E-state index in [0.29, 0.717) is 0 Å². The number of urea groups is 1. The van der Waals surface area contributed by atoms with Crippen LogP contribution < -0.4 is 5.32 Å². The number of aliphatic hydroxyl groups excluding tert-OH is 1. The molecule has 0 saturated carbocycles. The number of rotatable bonds is 6. The third-order valence-electron chi connectivity index (χ3n) is 2.38. The summed E-state index contributed by atoms with van der Waals surface area (Å²) in [5, 5.41) is 28.2. The number of carboxylic acid groups (broad SMARTS) is 1. The molecule has 0 aliphatic heterocycles. The number of nitrogens with one attached hydrogen (secondary N) is 1. The zero-order chi connectivity index (χ0) is 13.4. The van der Waals surface area contributed by atoms with Crippen molar-refractivity contribution in [3.8, 4) is 6.07 Å².